The Balaban J connectivity index is 1.06. The van der Waals surface area contributed by atoms with Gasteiger partial charge in [-0.25, -0.2) is 9.59 Å². The minimum Gasteiger partial charge on any atom is -0.477 e. The Kier molecular flexibility index (Phi) is 33.1. The van der Waals surface area contributed by atoms with Crippen molar-refractivity contribution in [1.29, 1.82) is 0 Å². The molecular weight excluding hydrogens is 1550 g/mol. The van der Waals surface area contributed by atoms with Crippen molar-refractivity contribution in [2.75, 3.05) is 52.9 Å². The van der Waals surface area contributed by atoms with Gasteiger partial charge in [-0.2, -0.15) is 0 Å². The Morgan fingerprint density at radius 1 is 0.363 bits per heavy atom. The summed E-state index contributed by atoms with van der Waals surface area (Å²) in [6.45, 7) is -5.84. The number of ether oxygens (including phenoxy) is 15. The molecule has 0 spiro atoms. The van der Waals surface area contributed by atoms with Gasteiger partial charge in [0.1, 0.15) is 183 Å². The van der Waals surface area contributed by atoms with E-state index in [2.05, 4.69) is 21.3 Å². The quantitative estimate of drug-likeness (QED) is 0.0297. The van der Waals surface area contributed by atoms with E-state index < -0.39 is 358 Å². The fourth-order valence-electron chi connectivity index (χ4n) is 14.4. The molecule has 0 saturated carbocycles. The van der Waals surface area contributed by atoms with Crippen LogP contribution in [0, 0.1) is 0 Å². The van der Waals surface area contributed by atoms with E-state index in [1.807, 2.05) is 0 Å². The largest absolute Gasteiger partial charge is 0.477 e. The summed E-state index contributed by atoms with van der Waals surface area (Å²) in [5.41, 5.74) is 0. The first-order chi connectivity index (χ1) is 53.1. The lowest BCUT2D eigenvalue weighted by Crippen LogP contribution is -2.71. The Morgan fingerprint density at radius 2 is 0.673 bits per heavy atom. The van der Waals surface area contributed by atoms with E-state index in [1.165, 1.54) is 0 Å². The zero-order chi connectivity index (χ0) is 84.1. The first-order valence-corrected chi connectivity index (χ1v) is 35.4. The third-order valence-electron chi connectivity index (χ3n) is 20.2. The van der Waals surface area contributed by atoms with Crippen LogP contribution in [0.3, 0.4) is 0 Å². The molecule has 113 heavy (non-hydrogen) atoms. The van der Waals surface area contributed by atoms with Gasteiger partial charge in [0.25, 0.3) is 11.6 Å². The zero-order valence-corrected chi connectivity index (χ0v) is 60.4. The molecule has 652 valence electrons. The Bertz CT molecular complexity index is 3110. The maximum Gasteiger partial charge on any atom is 0.364 e. The highest BCUT2D eigenvalue weighted by Crippen LogP contribution is 2.43. The van der Waals surface area contributed by atoms with Crippen LogP contribution in [0.2, 0.25) is 0 Å². The normalized spacial score (nSPS) is 45.6. The molecule has 8 aliphatic heterocycles. The molecule has 0 aromatic rings. The molecule has 8 rings (SSSR count). The average Bonchev–Trinajstić information content (AvgIpc) is 0.751. The highest BCUT2D eigenvalue weighted by molar-refractivity contribution is 5.78. The minimum atomic E-state index is -3.29. The number of carboxylic acids is 2. The minimum absolute atomic E-state index is 0.869. The lowest BCUT2D eigenvalue weighted by atomic mass is 9.88. The van der Waals surface area contributed by atoms with Crippen molar-refractivity contribution >= 4 is 35.6 Å². The summed E-state index contributed by atoms with van der Waals surface area (Å²) in [5, 5.41) is 295. The van der Waals surface area contributed by atoms with Crippen molar-refractivity contribution in [3.63, 3.8) is 0 Å². The van der Waals surface area contributed by atoms with Gasteiger partial charge in [-0.1, -0.05) is 0 Å². The van der Waals surface area contributed by atoms with Crippen molar-refractivity contribution < 1.29 is 233 Å². The number of carbonyl (C=O) groups is 6. The van der Waals surface area contributed by atoms with Gasteiger partial charge >= 0.3 is 11.9 Å². The first kappa shape index (κ1) is 93.8. The third kappa shape index (κ3) is 20.6. The summed E-state index contributed by atoms with van der Waals surface area (Å²) < 4.78 is 87.0. The SMILES string of the molecule is CC(=O)N[C@@H]1[C@H](O[C@H]2[C@@H](O)[C@@H](CO[C@@H]3O[C@H](CO)[C@@H](O[C@@H]4O[C@H](CO)[C@H](O)[C@H](O[C@@]5(C(=O)O)C[C@H](O)[C@@H](NC(C)=O)[C@H]([C@H](O)[C@H](O)CO)O5)[C@H]4O)[C@H](O)[C@H]3NC(C)=O)O[C@@H](O[C@H]3[C@H](O)[C@@H](O)[C@H](O)O[C@@H]3CO)[C@@H]2O)O[C@H](CO)[C@@H](O[C@@H]2O[C@H](CO)[C@H](O)[C@H](O[C@@]3(C(=O)O)C[C@H](O)[C@@H](NC(C)=O)[C@H]([C@H](O)[C@H](O)CO)O3)[C@H]2O)[C@@H]1O. The second-order valence-electron chi connectivity index (χ2n) is 28.2. The van der Waals surface area contributed by atoms with Gasteiger partial charge in [-0.05, 0) is 0 Å². The molecule has 0 unspecified atom stereocenters. The summed E-state index contributed by atoms with van der Waals surface area (Å²) in [5.74, 6) is -14.6. The highest BCUT2D eigenvalue weighted by Gasteiger charge is 2.64. The number of aliphatic hydroxyl groups excluding tert-OH is 24. The molecule has 8 saturated heterocycles. The van der Waals surface area contributed by atoms with Gasteiger partial charge in [-0.3, -0.25) is 19.2 Å². The molecule has 51 nitrogen and oxygen atoms in total. The lowest BCUT2D eigenvalue weighted by molar-refractivity contribution is -0.392. The molecule has 8 fully saturated rings. The van der Waals surface area contributed by atoms with Gasteiger partial charge in [0.15, 0.2) is 37.7 Å². The van der Waals surface area contributed by atoms with E-state index >= 15 is 0 Å². The lowest BCUT2D eigenvalue weighted by Gasteiger charge is -2.51. The standard InChI is InChI=1S/C62H102N4O47/c1-15(74)63-29-19(78)5-61(59(95)96,110-48(29)33(82)21(80)7-67)112-51-35(84)23(9-69)101-57(43(51)92)106-45-26(12-72)103-54(31(38(45)87)65-17(3)76)99-14-28-37(86)50(42(91)56(105-28)108-47-25(11-71)100-53(94)41(90)40(47)89)109-55-32(66-18(4)77)39(88)46(27(13-73)104-55)107-58-44(93)52(36(85)24(10-70)102-58)113-62(60(97)98)6-20(79)30(64-16(2)75)49(111-62)34(83)22(81)8-68/h19-58,67-73,78-94H,5-14H2,1-4H3,(H,63,74)(H,64,75)(H,65,76)(H,66,77)(H,95,96)(H,97,98)/t19-,20-,21+,22+,23+,24+,25+,26+,27+,28+,29+,30+,31+,32-,33+,34+,35-,36-,37-,38+,39+,40+,41+,42+,43+,44+,45+,46+,47+,48+,49+,50-,51-,52-,53+,54+,55-,56-,57-,58-,61+,62+/m0/s1. The van der Waals surface area contributed by atoms with Crippen LogP contribution in [0.25, 0.3) is 0 Å². The van der Waals surface area contributed by atoms with Crippen molar-refractivity contribution in [3.05, 3.63) is 0 Å². The maximum absolute atomic E-state index is 13.2. The van der Waals surface area contributed by atoms with Gasteiger partial charge in [-0.15, -0.1) is 0 Å². The van der Waals surface area contributed by atoms with Gasteiger partial charge < -0.3 is 225 Å². The number of carboxylic acid groups (broad SMARTS) is 2. The topological polar surface area (TPSA) is 815 Å². The van der Waals surface area contributed by atoms with Crippen LogP contribution < -0.4 is 21.3 Å². The average molecular weight is 1660 g/mol. The molecule has 0 aromatic heterocycles. The van der Waals surface area contributed by atoms with E-state index in [1.54, 1.807) is 0 Å². The fraction of sp³-hybridized carbons (Fsp3) is 0.903. The Labute approximate surface area is 637 Å². The number of amides is 4. The summed E-state index contributed by atoms with van der Waals surface area (Å²) >= 11 is 0. The van der Waals surface area contributed by atoms with Crippen LogP contribution in [0.15, 0.2) is 0 Å². The predicted molar refractivity (Wildman–Crippen MR) is 345 cm³/mol. The number of hydrogen-bond acceptors (Lipinski definition) is 45. The Morgan fingerprint density at radius 3 is 1.04 bits per heavy atom. The van der Waals surface area contributed by atoms with Crippen LogP contribution in [0.5, 0.6) is 0 Å². The molecule has 0 aliphatic carbocycles. The van der Waals surface area contributed by atoms with Crippen molar-refractivity contribution in [2.24, 2.45) is 0 Å². The number of carbonyl (C=O) groups excluding carboxylic acids is 4. The van der Waals surface area contributed by atoms with Crippen LogP contribution in [0.1, 0.15) is 40.5 Å². The summed E-state index contributed by atoms with van der Waals surface area (Å²) in [6.07, 6.45) is -82.0. The smallest absolute Gasteiger partial charge is 0.364 e. The number of aliphatic carboxylic acids is 2. The van der Waals surface area contributed by atoms with Crippen LogP contribution >= 0.6 is 0 Å². The number of rotatable bonds is 32. The molecule has 4 amide bonds. The monoisotopic (exact) mass is 1650 g/mol. The van der Waals surface area contributed by atoms with Crippen LogP contribution in [-0.2, 0) is 99.8 Å². The predicted octanol–water partition coefficient (Wildman–Crippen LogP) is -19.5. The summed E-state index contributed by atoms with van der Waals surface area (Å²) in [7, 11) is 0. The van der Waals surface area contributed by atoms with E-state index in [9.17, 15) is 162 Å². The van der Waals surface area contributed by atoms with Crippen LogP contribution in [-0.4, -0.2) is 478 Å². The van der Waals surface area contributed by atoms with E-state index in [0.717, 1.165) is 27.7 Å². The van der Waals surface area contributed by atoms with Crippen LogP contribution in [0.4, 0.5) is 0 Å². The second-order valence-corrected chi connectivity index (χ2v) is 28.2. The first-order valence-electron chi connectivity index (χ1n) is 35.4. The molecule has 0 bridgehead atoms. The molecule has 30 N–H and O–H groups in total. The molecule has 0 radical (unpaired) electrons. The second kappa shape index (κ2) is 39.9. The molecule has 51 heteroatoms. The summed E-state index contributed by atoms with van der Waals surface area (Å²) in [4.78, 5) is 76.8. The number of aliphatic hydroxyl groups is 24. The van der Waals surface area contributed by atoms with E-state index in [4.69, 9.17) is 71.1 Å². The van der Waals surface area contributed by atoms with E-state index in [-0.39, 0.29) is 0 Å². The van der Waals surface area contributed by atoms with Crippen molar-refractivity contribution in [2.45, 2.75) is 297 Å². The van der Waals surface area contributed by atoms with Gasteiger partial charge in [0, 0.05) is 40.5 Å². The zero-order valence-electron chi connectivity index (χ0n) is 60.4. The maximum atomic E-state index is 13.2. The fourth-order valence-corrected chi connectivity index (χ4v) is 14.4. The third-order valence-corrected chi connectivity index (χ3v) is 20.2. The summed E-state index contributed by atoms with van der Waals surface area (Å²) in [6, 6.07) is -7.50. The molecular formula is C62H102N4O47. The van der Waals surface area contributed by atoms with Crippen molar-refractivity contribution in [1.82, 2.24) is 21.3 Å². The highest BCUT2D eigenvalue weighted by atomic mass is 16.8. The van der Waals surface area contributed by atoms with Crippen molar-refractivity contribution in [3.8, 4) is 0 Å². The number of hydrogen-bond donors (Lipinski definition) is 30. The Hall–Kier alpha value is -4.74. The molecule has 0 aromatic carbocycles. The van der Waals surface area contributed by atoms with Gasteiger partial charge in [0.05, 0.1) is 77.1 Å². The number of nitrogens with one attached hydrogen (secondary N) is 4. The van der Waals surface area contributed by atoms with Gasteiger partial charge in [0.2, 0.25) is 23.6 Å². The molecule has 8 heterocycles. The molecule has 42 atom stereocenters. The van der Waals surface area contributed by atoms with E-state index in [0.29, 0.717) is 0 Å². The molecule has 8 aliphatic rings.